The zero-order valence-corrected chi connectivity index (χ0v) is 12.0. The third-order valence-corrected chi connectivity index (χ3v) is 3.60. The second kappa shape index (κ2) is 5.56. The van der Waals surface area contributed by atoms with Crippen LogP contribution in [0.5, 0.6) is 5.75 Å². The van der Waals surface area contributed by atoms with Gasteiger partial charge < -0.3 is 10.4 Å². The van der Waals surface area contributed by atoms with Crippen LogP contribution in [0, 0.1) is 9.39 Å². The number of phenols is 1. The van der Waals surface area contributed by atoms with E-state index in [1.165, 1.54) is 12.1 Å². The maximum absolute atomic E-state index is 13.0. The predicted molar refractivity (Wildman–Crippen MR) is 79.3 cm³/mol. The van der Waals surface area contributed by atoms with Crippen LogP contribution in [0.25, 0.3) is 0 Å². The number of benzene rings is 2. The highest BCUT2D eigenvalue weighted by atomic mass is 127. The van der Waals surface area contributed by atoms with Crippen molar-refractivity contribution in [2.45, 2.75) is 13.0 Å². The highest BCUT2D eigenvalue weighted by molar-refractivity contribution is 14.1. The average Bonchev–Trinajstić information content (AvgIpc) is 2.33. The number of phenolic OH excluding ortho intramolecular Hbond substituents is 1. The summed E-state index contributed by atoms with van der Waals surface area (Å²) >= 11 is 2.08. The third-order valence-electron chi connectivity index (χ3n) is 2.71. The fourth-order valence-corrected chi connectivity index (χ4v) is 2.40. The molecule has 0 aromatic heterocycles. The van der Waals surface area contributed by atoms with Crippen LogP contribution >= 0.6 is 22.6 Å². The van der Waals surface area contributed by atoms with Crippen molar-refractivity contribution in [1.82, 2.24) is 0 Å². The molecule has 2 N–H and O–H groups in total. The lowest BCUT2D eigenvalue weighted by molar-refractivity contribution is 0.465. The van der Waals surface area contributed by atoms with Crippen molar-refractivity contribution < 1.29 is 9.50 Å². The van der Waals surface area contributed by atoms with Crippen molar-refractivity contribution in [1.29, 1.82) is 0 Å². The molecule has 0 saturated heterocycles. The predicted octanol–water partition coefficient (Wildman–Crippen LogP) is 4.31. The van der Waals surface area contributed by atoms with Gasteiger partial charge in [0.05, 0.1) is 6.04 Å². The monoisotopic (exact) mass is 357 g/mol. The van der Waals surface area contributed by atoms with Gasteiger partial charge in [-0.25, -0.2) is 4.39 Å². The Hall–Kier alpha value is -1.30. The number of para-hydroxylation sites is 1. The number of halogens is 2. The van der Waals surface area contributed by atoms with E-state index in [0.29, 0.717) is 0 Å². The molecule has 18 heavy (non-hydrogen) atoms. The summed E-state index contributed by atoms with van der Waals surface area (Å²) in [6, 6.07) is 11.7. The summed E-state index contributed by atoms with van der Waals surface area (Å²) in [4.78, 5) is 0. The summed E-state index contributed by atoms with van der Waals surface area (Å²) in [5.74, 6) is 0.00906. The zero-order valence-electron chi connectivity index (χ0n) is 9.82. The number of hydrogen-bond acceptors (Lipinski definition) is 2. The fourth-order valence-electron chi connectivity index (χ4n) is 1.77. The summed E-state index contributed by atoms with van der Waals surface area (Å²) in [6.07, 6.45) is 0. The Labute approximate surface area is 119 Å². The van der Waals surface area contributed by atoms with E-state index in [1.807, 2.05) is 19.1 Å². The number of hydrogen-bond donors (Lipinski definition) is 2. The molecule has 0 heterocycles. The zero-order chi connectivity index (χ0) is 13.1. The molecule has 94 valence electrons. The summed E-state index contributed by atoms with van der Waals surface area (Å²) in [7, 11) is 0. The minimum Gasteiger partial charge on any atom is -0.508 e. The molecule has 2 aromatic rings. The fraction of sp³-hybridized carbons (Fsp3) is 0.143. The van der Waals surface area contributed by atoms with Gasteiger partial charge in [-0.05, 0) is 53.8 Å². The van der Waals surface area contributed by atoms with E-state index in [1.54, 1.807) is 18.2 Å². The van der Waals surface area contributed by atoms with Crippen molar-refractivity contribution in [3.8, 4) is 5.75 Å². The van der Waals surface area contributed by atoms with Crippen LogP contribution in [0.4, 0.5) is 10.1 Å². The molecule has 0 aliphatic heterocycles. The quantitative estimate of drug-likeness (QED) is 0.803. The second-order valence-electron chi connectivity index (χ2n) is 4.05. The van der Waals surface area contributed by atoms with Gasteiger partial charge in [0.1, 0.15) is 11.6 Å². The summed E-state index contributed by atoms with van der Waals surface area (Å²) in [6.45, 7) is 1.95. The van der Waals surface area contributed by atoms with Crippen LogP contribution in [0.2, 0.25) is 0 Å². The van der Waals surface area contributed by atoms with Crippen LogP contribution in [0.1, 0.15) is 18.5 Å². The first-order valence-electron chi connectivity index (χ1n) is 5.57. The maximum Gasteiger partial charge on any atom is 0.124 e. The smallest absolute Gasteiger partial charge is 0.124 e. The van der Waals surface area contributed by atoms with Gasteiger partial charge in [-0.1, -0.05) is 18.2 Å². The number of rotatable bonds is 3. The molecule has 1 atom stereocenters. The van der Waals surface area contributed by atoms with E-state index in [-0.39, 0.29) is 17.6 Å². The lowest BCUT2D eigenvalue weighted by atomic mass is 10.1. The minimum atomic E-state index is -0.250. The Morgan fingerprint density at radius 1 is 1.22 bits per heavy atom. The Kier molecular flexibility index (Phi) is 4.06. The molecule has 0 spiro atoms. The van der Waals surface area contributed by atoms with Gasteiger partial charge in [0.25, 0.3) is 0 Å². The Morgan fingerprint density at radius 3 is 2.61 bits per heavy atom. The average molecular weight is 357 g/mol. The molecule has 0 aliphatic rings. The molecule has 4 heteroatoms. The number of aromatic hydroxyl groups is 1. The van der Waals surface area contributed by atoms with E-state index >= 15 is 0 Å². The first kappa shape index (κ1) is 13.1. The second-order valence-corrected chi connectivity index (χ2v) is 5.21. The number of nitrogens with one attached hydrogen (secondary N) is 1. The van der Waals surface area contributed by atoms with Crippen LogP contribution in [-0.2, 0) is 0 Å². The molecule has 2 rings (SSSR count). The minimum absolute atomic E-state index is 0.0508. The van der Waals surface area contributed by atoms with E-state index in [9.17, 15) is 9.50 Å². The van der Waals surface area contributed by atoms with Crippen molar-refractivity contribution >= 4 is 28.3 Å². The van der Waals surface area contributed by atoms with Crippen molar-refractivity contribution in [2.75, 3.05) is 5.32 Å². The van der Waals surface area contributed by atoms with Gasteiger partial charge in [-0.3, -0.25) is 0 Å². The third kappa shape index (κ3) is 2.93. The normalized spacial score (nSPS) is 12.2. The Morgan fingerprint density at radius 2 is 1.94 bits per heavy atom. The van der Waals surface area contributed by atoms with Gasteiger partial charge in [-0.15, -0.1) is 0 Å². The standard InChI is InChI=1S/C14H13FINO/c1-9(11-4-2-3-5-14(11)18)17-13-7-6-10(15)8-12(13)16/h2-9,17-18H,1H3. The van der Waals surface area contributed by atoms with Crippen LogP contribution < -0.4 is 5.32 Å². The summed E-state index contributed by atoms with van der Waals surface area (Å²) in [5.41, 5.74) is 1.67. The van der Waals surface area contributed by atoms with Crippen LogP contribution in [0.3, 0.4) is 0 Å². The highest BCUT2D eigenvalue weighted by Gasteiger charge is 2.11. The van der Waals surface area contributed by atoms with E-state index in [0.717, 1.165) is 14.8 Å². The van der Waals surface area contributed by atoms with Crippen LogP contribution in [0.15, 0.2) is 42.5 Å². The molecule has 2 nitrogen and oxygen atoms in total. The molecule has 0 saturated carbocycles. The molecule has 0 bridgehead atoms. The van der Waals surface area contributed by atoms with E-state index < -0.39 is 0 Å². The van der Waals surface area contributed by atoms with Crippen LogP contribution in [-0.4, -0.2) is 5.11 Å². The molecule has 0 amide bonds. The Balaban J connectivity index is 2.21. The molecule has 0 fully saturated rings. The summed E-state index contributed by atoms with van der Waals surface area (Å²) in [5, 5.41) is 13.0. The van der Waals surface area contributed by atoms with Gasteiger partial charge in [0, 0.05) is 14.8 Å². The maximum atomic E-state index is 13.0. The molecule has 2 aromatic carbocycles. The lowest BCUT2D eigenvalue weighted by Crippen LogP contribution is -2.08. The van der Waals surface area contributed by atoms with Crippen molar-refractivity contribution in [2.24, 2.45) is 0 Å². The molecule has 0 radical (unpaired) electrons. The largest absolute Gasteiger partial charge is 0.508 e. The Bertz CT molecular complexity index is 559. The van der Waals surface area contributed by atoms with Crippen molar-refractivity contribution in [3.05, 3.63) is 57.4 Å². The van der Waals surface area contributed by atoms with Gasteiger partial charge in [0.15, 0.2) is 0 Å². The van der Waals surface area contributed by atoms with Gasteiger partial charge in [-0.2, -0.15) is 0 Å². The molecular weight excluding hydrogens is 344 g/mol. The first-order valence-corrected chi connectivity index (χ1v) is 6.65. The molecular formula is C14H13FINO. The van der Waals surface area contributed by atoms with E-state index in [4.69, 9.17) is 0 Å². The highest BCUT2D eigenvalue weighted by Crippen LogP contribution is 2.28. The van der Waals surface area contributed by atoms with E-state index in [2.05, 4.69) is 27.9 Å². The SMILES string of the molecule is CC(Nc1ccc(F)cc1I)c1ccccc1O. The molecule has 0 aliphatic carbocycles. The van der Waals surface area contributed by atoms with Crippen molar-refractivity contribution in [3.63, 3.8) is 0 Å². The lowest BCUT2D eigenvalue weighted by Gasteiger charge is -2.17. The first-order chi connectivity index (χ1) is 8.58. The summed E-state index contributed by atoms with van der Waals surface area (Å²) < 4.78 is 13.8. The van der Waals surface area contributed by atoms with Gasteiger partial charge in [0.2, 0.25) is 0 Å². The molecule has 1 unspecified atom stereocenters. The van der Waals surface area contributed by atoms with Gasteiger partial charge >= 0.3 is 0 Å². The topological polar surface area (TPSA) is 32.3 Å². The number of anilines is 1.